The Morgan fingerprint density at radius 2 is 1.94 bits per heavy atom. The Labute approximate surface area is 111 Å². The maximum atomic E-state index is 3.59. The van der Waals surface area contributed by atoms with Gasteiger partial charge in [0.05, 0.1) is 0 Å². The molecule has 2 N–H and O–H groups in total. The van der Waals surface area contributed by atoms with E-state index in [1.54, 1.807) is 11.1 Å². The molecule has 0 saturated heterocycles. The van der Waals surface area contributed by atoms with Gasteiger partial charge in [0.15, 0.2) is 0 Å². The Hall–Kier alpha value is -0.860. The van der Waals surface area contributed by atoms with E-state index in [0.717, 1.165) is 32.1 Å². The quantitative estimate of drug-likeness (QED) is 0.723. The van der Waals surface area contributed by atoms with Crippen molar-refractivity contribution in [3.8, 4) is 0 Å². The van der Waals surface area contributed by atoms with Crippen LogP contribution in [0, 0.1) is 0 Å². The lowest BCUT2D eigenvalue weighted by molar-refractivity contribution is 0.501. The number of hydrogen-bond acceptors (Lipinski definition) is 2. The molecule has 1 aromatic carbocycles. The van der Waals surface area contributed by atoms with Crippen LogP contribution in [0.25, 0.3) is 0 Å². The molecule has 0 bridgehead atoms. The summed E-state index contributed by atoms with van der Waals surface area (Å²) in [6, 6.07) is 8.96. The van der Waals surface area contributed by atoms with Gasteiger partial charge in [0.25, 0.3) is 0 Å². The highest BCUT2D eigenvalue weighted by atomic mass is 14.9. The van der Waals surface area contributed by atoms with Crippen LogP contribution in [0.4, 0.5) is 0 Å². The third kappa shape index (κ3) is 3.82. The third-order valence-corrected chi connectivity index (χ3v) is 3.79. The number of rotatable bonds is 7. The van der Waals surface area contributed by atoms with E-state index in [4.69, 9.17) is 0 Å². The number of fused-ring (bicyclic) bond motifs is 1. The fourth-order valence-electron chi connectivity index (χ4n) is 2.82. The minimum atomic E-state index is 0.723. The summed E-state index contributed by atoms with van der Waals surface area (Å²) in [5.41, 5.74) is 3.15. The lowest BCUT2D eigenvalue weighted by Crippen LogP contribution is -2.31. The first-order valence-electron chi connectivity index (χ1n) is 7.41. The first-order chi connectivity index (χ1) is 8.92. The third-order valence-electron chi connectivity index (χ3n) is 3.79. The van der Waals surface area contributed by atoms with Crippen LogP contribution in [0.2, 0.25) is 0 Å². The highest BCUT2D eigenvalue weighted by Crippen LogP contribution is 2.30. The van der Waals surface area contributed by atoms with Crippen molar-refractivity contribution in [1.29, 1.82) is 0 Å². The molecule has 2 nitrogen and oxygen atoms in total. The molecule has 1 atom stereocenters. The molecular weight excluding hydrogens is 220 g/mol. The van der Waals surface area contributed by atoms with Gasteiger partial charge >= 0.3 is 0 Å². The summed E-state index contributed by atoms with van der Waals surface area (Å²) in [4.78, 5) is 0. The summed E-state index contributed by atoms with van der Waals surface area (Å²) in [6.07, 6.45) is 5.17. The summed E-state index contributed by atoms with van der Waals surface area (Å²) < 4.78 is 0. The Morgan fingerprint density at radius 1 is 1.11 bits per heavy atom. The molecule has 2 heteroatoms. The van der Waals surface area contributed by atoms with Crippen LogP contribution >= 0.6 is 0 Å². The zero-order chi connectivity index (χ0) is 12.6. The van der Waals surface area contributed by atoms with Crippen LogP contribution in [-0.2, 0) is 6.42 Å². The van der Waals surface area contributed by atoms with Gasteiger partial charge in [0.2, 0.25) is 0 Å². The molecule has 1 aliphatic rings. The van der Waals surface area contributed by atoms with Crippen LogP contribution in [0.15, 0.2) is 24.3 Å². The topological polar surface area (TPSA) is 24.1 Å². The van der Waals surface area contributed by atoms with Crippen molar-refractivity contribution < 1.29 is 0 Å². The highest BCUT2D eigenvalue weighted by molar-refractivity contribution is 5.32. The molecule has 2 rings (SSSR count). The second kappa shape index (κ2) is 7.55. The molecule has 0 radical (unpaired) electrons. The smallest absolute Gasteiger partial charge is 0.00769 e. The molecule has 0 spiro atoms. The summed E-state index contributed by atoms with van der Waals surface area (Å²) >= 11 is 0. The second-order valence-corrected chi connectivity index (χ2v) is 5.24. The Bertz CT molecular complexity index is 349. The predicted octanol–water partition coefficient (Wildman–Crippen LogP) is 2.70. The van der Waals surface area contributed by atoms with Crippen molar-refractivity contribution in [2.75, 3.05) is 26.2 Å². The van der Waals surface area contributed by atoms with Gasteiger partial charge in [0, 0.05) is 19.6 Å². The van der Waals surface area contributed by atoms with Gasteiger partial charge in [0.1, 0.15) is 0 Å². The largest absolute Gasteiger partial charge is 0.315 e. The van der Waals surface area contributed by atoms with Crippen LogP contribution < -0.4 is 10.6 Å². The van der Waals surface area contributed by atoms with Crippen molar-refractivity contribution in [2.24, 2.45) is 0 Å². The molecular formula is C16H26N2. The Balaban J connectivity index is 1.74. The summed E-state index contributed by atoms with van der Waals surface area (Å²) in [7, 11) is 0. The molecule has 1 aromatic rings. The first kappa shape index (κ1) is 13.6. The van der Waals surface area contributed by atoms with E-state index < -0.39 is 0 Å². The lowest BCUT2D eigenvalue weighted by atomic mass is 9.83. The Morgan fingerprint density at radius 3 is 2.83 bits per heavy atom. The first-order valence-corrected chi connectivity index (χ1v) is 7.41. The maximum Gasteiger partial charge on any atom is 0.00769 e. The fraction of sp³-hybridized carbons (Fsp3) is 0.625. The molecule has 0 aliphatic heterocycles. The molecule has 0 heterocycles. The van der Waals surface area contributed by atoms with Gasteiger partial charge in [-0.15, -0.1) is 0 Å². The molecule has 100 valence electrons. The van der Waals surface area contributed by atoms with Crippen LogP contribution in [0.1, 0.15) is 43.2 Å². The van der Waals surface area contributed by atoms with Crippen LogP contribution in [0.5, 0.6) is 0 Å². The van der Waals surface area contributed by atoms with Crippen molar-refractivity contribution in [3.05, 3.63) is 35.4 Å². The molecule has 0 fully saturated rings. The summed E-state index contributed by atoms with van der Waals surface area (Å²) in [5, 5.41) is 7.02. The van der Waals surface area contributed by atoms with Crippen molar-refractivity contribution in [2.45, 2.75) is 38.5 Å². The van der Waals surface area contributed by atoms with Crippen molar-refractivity contribution >= 4 is 0 Å². The molecule has 0 amide bonds. The molecule has 0 saturated carbocycles. The van der Waals surface area contributed by atoms with Gasteiger partial charge in [-0.2, -0.15) is 0 Å². The van der Waals surface area contributed by atoms with Crippen molar-refractivity contribution in [3.63, 3.8) is 0 Å². The number of benzene rings is 1. The van der Waals surface area contributed by atoms with Crippen molar-refractivity contribution in [1.82, 2.24) is 10.6 Å². The zero-order valence-electron chi connectivity index (χ0n) is 11.5. The minimum absolute atomic E-state index is 0.723. The Kier molecular flexibility index (Phi) is 5.69. The van der Waals surface area contributed by atoms with Gasteiger partial charge in [-0.25, -0.2) is 0 Å². The minimum Gasteiger partial charge on any atom is -0.315 e. The zero-order valence-corrected chi connectivity index (χ0v) is 11.5. The lowest BCUT2D eigenvalue weighted by Gasteiger charge is -2.25. The highest BCUT2D eigenvalue weighted by Gasteiger charge is 2.18. The SMILES string of the molecule is CCCNCCNCC1CCCc2ccccc21. The maximum absolute atomic E-state index is 3.59. The van der Waals surface area contributed by atoms with E-state index in [9.17, 15) is 0 Å². The van der Waals surface area contributed by atoms with Crippen LogP contribution in [-0.4, -0.2) is 26.2 Å². The monoisotopic (exact) mass is 246 g/mol. The van der Waals surface area contributed by atoms with E-state index in [1.807, 2.05) is 0 Å². The van der Waals surface area contributed by atoms with E-state index in [2.05, 4.69) is 41.8 Å². The summed E-state index contributed by atoms with van der Waals surface area (Å²) in [6.45, 7) is 6.64. The molecule has 1 unspecified atom stereocenters. The predicted molar refractivity (Wildman–Crippen MR) is 78.2 cm³/mol. The number of nitrogens with one attached hydrogen (secondary N) is 2. The number of aryl methyl sites for hydroxylation is 1. The van der Waals surface area contributed by atoms with Gasteiger partial charge in [-0.05, 0) is 49.3 Å². The van der Waals surface area contributed by atoms with Gasteiger partial charge in [-0.1, -0.05) is 31.2 Å². The summed E-state index contributed by atoms with van der Waals surface area (Å²) in [5.74, 6) is 0.723. The standard InChI is InChI=1S/C16H26N2/c1-2-10-17-11-12-18-13-15-8-5-7-14-6-3-4-9-16(14)15/h3-4,6,9,15,17-18H,2,5,7-8,10-13H2,1H3. The van der Waals surface area contributed by atoms with Crippen LogP contribution in [0.3, 0.4) is 0 Å². The van der Waals surface area contributed by atoms with Gasteiger partial charge in [-0.3, -0.25) is 0 Å². The van der Waals surface area contributed by atoms with E-state index in [1.165, 1.54) is 25.7 Å². The molecule has 1 aliphatic carbocycles. The molecule has 18 heavy (non-hydrogen) atoms. The second-order valence-electron chi connectivity index (χ2n) is 5.24. The van der Waals surface area contributed by atoms with E-state index >= 15 is 0 Å². The average molecular weight is 246 g/mol. The molecule has 0 aromatic heterocycles. The van der Waals surface area contributed by atoms with E-state index in [-0.39, 0.29) is 0 Å². The normalized spacial score (nSPS) is 18.6. The van der Waals surface area contributed by atoms with E-state index in [0.29, 0.717) is 0 Å². The fourth-order valence-corrected chi connectivity index (χ4v) is 2.82. The average Bonchev–Trinajstić information content (AvgIpc) is 2.43. The number of hydrogen-bond donors (Lipinski definition) is 2. The van der Waals surface area contributed by atoms with Gasteiger partial charge < -0.3 is 10.6 Å².